The standard InChI is InChI=1S/C23H22N4O/c1-14(2)22-13-20(24)19-12-18(9-10-21(19)27-22)26-23(28)25-17-8-7-15-5-3-4-6-16(15)11-17/h3-14H,1-2H3,(H2,24,27)(H2,25,26,28). The number of nitrogens with one attached hydrogen (secondary N) is 2. The Morgan fingerprint density at radius 1 is 0.893 bits per heavy atom. The minimum atomic E-state index is -0.306. The number of urea groups is 1. The number of hydrogen-bond acceptors (Lipinski definition) is 3. The number of nitrogens with two attached hydrogens (primary N) is 1. The van der Waals surface area contributed by atoms with E-state index in [0.29, 0.717) is 17.3 Å². The van der Waals surface area contributed by atoms with Crippen molar-refractivity contribution >= 4 is 44.8 Å². The largest absolute Gasteiger partial charge is 0.398 e. The number of aromatic nitrogens is 1. The number of fused-ring (bicyclic) bond motifs is 2. The minimum Gasteiger partial charge on any atom is -0.398 e. The average molecular weight is 370 g/mol. The van der Waals surface area contributed by atoms with Crippen LogP contribution in [0.3, 0.4) is 0 Å². The summed E-state index contributed by atoms with van der Waals surface area (Å²) in [5, 5.41) is 8.77. The highest BCUT2D eigenvalue weighted by molar-refractivity contribution is 6.03. The molecule has 28 heavy (non-hydrogen) atoms. The molecule has 0 spiro atoms. The average Bonchev–Trinajstić information content (AvgIpc) is 2.68. The molecule has 0 aliphatic carbocycles. The van der Waals surface area contributed by atoms with Gasteiger partial charge in [0.1, 0.15) is 0 Å². The zero-order valence-corrected chi connectivity index (χ0v) is 15.9. The summed E-state index contributed by atoms with van der Waals surface area (Å²) in [6.45, 7) is 4.17. The monoisotopic (exact) mass is 370 g/mol. The lowest BCUT2D eigenvalue weighted by molar-refractivity contribution is 0.262. The van der Waals surface area contributed by atoms with Crippen molar-refractivity contribution in [3.8, 4) is 0 Å². The molecule has 5 nitrogen and oxygen atoms in total. The number of amides is 2. The predicted octanol–water partition coefficient (Wildman–Crippen LogP) is 5.74. The van der Waals surface area contributed by atoms with E-state index in [4.69, 9.17) is 5.73 Å². The van der Waals surface area contributed by atoms with E-state index in [-0.39, 0.29) is 6.03 Å². The van der Waals surface area contributed by atoms with Gasteiger partial charge in [0.25, 0.3) is 0 Å². The minimum absolute atomic E-state index is 0.303. The van der Waals surface area contributed by atoms with Gasteiger partial charge in [0, 0.05) is 28.1 Å². The maximum atomic E-state index is 12.4. The molecule has 3 aromatic carbocycles. The molecule has 0 fully saturated rings. The fraction of sp³-hybridized carbons (Fsp3) is 0.130. The summed E-state index contributed by atoms with van der Waals surface area (Å²) in [6, 6.07) is 21.0. The van der Waals surface area contributed by atoms with Gasteiger partial charge in [0.05, 0.1) is 5.52 Å². The summed E-state index contributed by atoms with van der Waals surface area (Å²) >= 11 is 0. The highest BCUT2D eigenvalue weighted by Gasteiger charge is 2.09. The maximum absolute atomic E-state index is 12.4. The summed E-state index contributed by atoms with van der Waals surface area (Å²) in [7, 11) is 0. The van der Waals surface area contributed by atoms with E-state index in [1.54, 1.807) is 0 Å². The van der Waals surface area contributed by atoms with Crippen LogP contribution in [0.1, 0.15) is 25.5 Å². The van der Waals surface area contributed by atoms with Crippen LogP contribution in [0.2, 0.25) is 0 Å². The summed E-state index contributed by atoms with van der Waals surface area (Å²) in [4.78, 5) is 17.1. The number of anilines is 3. The van der Waals surface area contributed by atoms with E-state index in [0.717, 1.165) is 33.1 Å². The molecule has 0 radical (unpaired) electrons. The smallest absolute Gasteiger partial charge is 0.323 e. The molecule has 4 N–H and O–H groups in total. The molecule has 5 heteroatoms. The first-order valence-corrected chi connectivity index (χ1v) is 9.26. The van der Waals surface area contributed by atoms with Gasteiger partial charge in [-0.3, -0.25) is 4.98 Å². The highest BCUT2D eigenvalue weighted by Crippen LogP contribution is 2.27. The van der Waals surface area contributed by atoms with Crippen LogP contribution in [-0.4, -0.2) is 11.0 Å². The quantitative estimate of drug-likeness (QED) is 0.430. The number of rotatable bonds is 3. The molecule has 4 aromatic rings. The molecule has 0 unspecified atom stereocenters. The van der Waals surface area contributed by atoms with Gasteiger partial charge < -0.3 is 16.4 Å². The predicted molar refractivity (Wildman–Crippen MR) is 117 cm³/mol. The molecule has 2 amide bonds. The van der Waals surface area contributed by atoms with Crippen molar-refractivity contribution in [2.75, 3.05) is 16.4 Å². The Labute approximate surface area is 163 Å². The van der Waals surface area contributed by atoms with Crippen molar-refractivity contribution in [2.45, 2.75) is 19.8 Å². The molecule has 140 valence electrons. The Hall–Kier alpha value is -3.60. The van der Waals surface area contributed by atoms with Crippen LogP contribution in [0.4, 0.5) is 21.9 Å². The number of benzene rings is 3. The van der Waals surface area contributed by atoms with Crippen molar-refractivity contribution in [3.63, 3.8) is 0 Å². The number of hydrogen-bond donors (Lipinski definition) is 3. The van der Waals surface area contributed by atoms with Crippen LogP contribution < -0.4 is 16.4 Å². The van der Waals surface area contributed by atoms with Crippen LogP contribution in [0.25, 0.3) is 21.7 Å². The van der Waals surface area contributed by atoms with Crippen molar-refractivity contribution < 1.29 is 4.79 Å². The Balaban J connectivity index is 1.54. The number of nitrogen functional groups attached to an aromatic ring is 1. The Morgan fingerprint density at radius 3 is 2.32 bits per heavy atom. The third kappa shape index (κ3) is 3.60. The fourth-order valence-electron chi connectivity index (χ4n) is 3.21. The van der Waals surface area contributed by atoms with Crippen molar-refractivity contribution in [3.05, 3.63) is 72.4 Å². The number of carbonyl (C=O) groups excluding carboxylic acids is 1. The molecule has 4 rings (SSSR count). The van der Waals surface area contributed by atoms with Gasteiger partial charge in [-0.25, -0.2) is 4.79 Å². The van der Waals surface area contributed by atoms with Gasteiger partial charge >= 0.3 is 6.03 Å². The van der Waals surface area contributed by atoms with E-state index in [1.165, 1.54) is 0 Å². The Kier molecular flexibility index (Phi) is 4.57. The van der Waals surface area contributed by atoms with Gasteiger partial charge in [-0.2, -0.15) is 0 Å². The molecule has 0 saturated heterocycles. The van der Waals surface area contributed by atoms with Crippen LogP contribution in [0.15, 0.2) is 66.7 Å². The highest BCUT2D eigenvalue weighted by atomic mass is 16.2. The molecule has 0 atom stereocenters. The Morgan fingerprint density at radius 2 is 1.57 bits per heavy atom. The molecule has 1 heterocycles. The van der Waals surface area contributed by atoms with Crippen molar-refractivity contribution in [2.24, 2.45) is 0 Å². The molecule has 1 aromatic heterocycles. The topological polar surface area (TPSA) is 80.0 Å². The van der Waals surface area contributed by atoms with Gasteiger partial charge in [-0.1, -0.05) is 44.2 Å². The molecular weight excluding hydrogens is 348 g/mol. The lowest BCUT2D eigenvalue weighted by Gasteiger charge is -2.12. The number of pyridine rings is 1. The van der Waals surface area contributed by atoms with Crippen LogP contribution >= 0.6 is 0 Å². The summed E-state index contributed by atoms with van der Waals surface area (Å²) < 4.78 is 0. The lowest BCUT2D eigenvalue weighted by Crippen LogP contribution is -2.19. The third-order valence-electron chi connectivity index (χ3n) is 4.72. The van der Waals surface area contributed by atoms with E-state index in [9.17, 15) is 4.79 Å². The molecule has 0 aliphatic heterocycles. The first-order chi connectivity index (χ1) is 13.5. The lowest BCUT2D eigenvalue weighted by atomic mass is 10.1. The Bertz CT molecular complexity index is 1180. The van der Waals surface area contributed by atoms with E-state index in [1.807, 2.05) is 66.7 Å². The van der Waals surface area contributed by atoms with Gasteiger partial charge in [0.2, 0.25) is 0 Å². The van der Waals surface area contributed by atoms with Crippen molar-refractivity contribution in [1.82, 2.24) is 4.98 Å². The van der Waals surface area contributed by atoms with Gasteiger partial charge in [-0.05, 0) is 53.1 Å². The molecule has 0 saturated carbocycles. The maximum Gasteiger partial charge on any atom is 0.323 e. The second-order valence-corrected chi connectivity index (χ2v) is 7.16. The second kappa shape index (κ2) is 7.19. The summed E-state index contributed by atoms with van der Waals surface area (Å²) in [5.74, 6) is 0.303. The SMILES string of the molecule is CC(C)c1cc(N)c2cc(NC(=O)Nc3ccc4ccccc4c3)ccc2n1. The van der Waals surface area contributed by atoms with Gasteiger partial charge in [-0.15, -0.1) is 0 Å². The van der Waals surface area contributed by atoms with Gasteiger partial charge in [0.15, 0.2) is 0 Å². The first-order valence-electron chi connectivity index (χ1n) is 9.26. The van der Waals surface area contributed by atoms with E-state index in [2.05, 4.69) is 29.5 Å². The second-order valence-electron chi connectivity index (χ2n) is 7.16. The number of carbonyl (C=O) groups is 1. The van der Waals surface area contributed by atoms with Crippen LogP contribution in [0.5, 0.6) is 0 Å². The van der Waals surface area contributed by atoms with E-state index >= 15 is 0 Å². The molecule has 0 aliphatic rings. The molecule has 0 bridgehead atoms. The fourth-order valence-corrected chi connectivity index (χ4v) is 3.21. The zero-order chi connectivity index (χ0) is 19.7. The van der Waals surface area contributed by atoms with E-state index < -0.39 is 0 Å². The number of nitrogens with zero attached hydrogens (tertiary/aromatic N) is 1. The third-order valence-corrected chi connectivity index (χ3v) is 4.72. The summed E-state index contributed by atoms with van der Waals surface area (Å²) in [6.07, 6.45) is 0. The summed E-state index contributed by atoms with van der Waals surface area (Å²) in [5.41, 5.74) is 10.0. The molecular formula is C23H22N4O. The van der Waals surface area contributed by atoms with Crippen LogP contribution in [0, 0.1) is 0 Å². The normalized spacial score (nSPS) is 11.1. The van der Waals surface area contributed by atoms with Crippen LogP contribution in [-0.2, 0) is 0 Å². The zero-order valence-electron chi connectivity index (χ0n) is 15.9. The first kappa shape index (κ1) is 17.8. The van der Waals surface area contributed by atoms with Crippen molar-refractivity contribution in [1.29, 1.82) is 0 Å².